The molecule has 154 valence electrons. The standard InChI is InChI=1S/C21H31N3O4/c1-22(15-21(26)27)17-9-11-23(12-10-17)14-20(25)24(18-5-6-18)13-16-3-7-19(28-2)8-4-16/h3-4,7-8,17-18H,5-6,9-15H2,1-2H3,(H,26,27). The van der Waals surface area contributed by atoms with Crippen molar-refractivity contribution in [1.82, 2.24) is 14.7 Å². The van der Waals surface area contributed by atoms with Gasteiger partial charge in [0.25, 0.3) is 0 Å². The van der Waals surface area contributed by atoms with Gasteiger partial charge in [-0.3, -0.25) is 19.4 Å². The number of likely N-dealkylation sites (tertiary alicyclic amines) is 1. The number of carbonyl (C=O) groups is 2. The fraction of sp³-hybridized carbons (Fsp3) is 0.619. The average Bonchev–Trinajstić information content (AvgIpc) is 3.51. The Kier molecular flexibility index (Phi) is 6.91. The van der Waals surface area contributed by atoms with Crippen LogP contribution in [0.3, 0.4) is 0 Å². The quantitative estimate of drug-likeness (QED) is 0.693. The fourth-order valence-electron chi connectivity index (χ4n) is 3.88. The zero-order valence-electron chi connectivity index (χ0n) is 16.8. The molecule has 1 aromatic rings. The predicted molar refractivity (Wildman–Crippen MR) is 106 cm³/mol. The van der Waals surface area contributed by atoms with Crippen LogP contribution in [0, 0.1) is 0 Å². The molecule has 7 nitrogen and oxygen atoms in total. The van der Waals surface area contributed by atoms with Gasteiger partial charge in [0.05, 0.1) is 20.2 Å². The Morgan fingerprint density at radius 3 is 2.29 bits per heavy atom. The van der Waals surface area contributed by atoms with Crippen molar-refractivity contribution in [2.24, 2.45) is 0 Å². The molecule has 0 radical (unpaired) electrons. The zero-order chi connectivity index (χ0) is 20.1. The SMILES string of the molecule is COc1ccc(CN(C(=O)CN2CCC(N(C)CC(=O)O)CC2)C2CC2)cc1. The molecule has 1 aliphatic carbocycles. The molecular weight excluding hydrogens is 358 g/mol. The average molecular weight is 389 g/mol. The Hall–Kier alpha value is -2.12. The Morgan fingerprint density at radius 1 is 1.11 bits per heavy atom. The van der Waals surface area contributed by atoms with Crippen LogP contribution >= 0.6 is 0 Å². The van der Waals surface area contributed by atoms with E-state index in [1.165, 1.54) is 0 Å². The van der Waals surface area contributed by atoms with Crippen molar-refractivity contribution in [2.75, 3.05) is 40.3 Å². The van der Waals surface area contributed by atoms with E-state index < -0.39 is 5.97 Å². The number of rotatable bonds is 9. The molecule has 28 heavy (non-hydrogen) atoms. The van der Waals surface area contributed by atoms with Gasteiger partial charge in [-0.25, -0.2) is 0 Å². The second-order valence-corrected chi connectivity index (χ2v) is 7.92. The van der Waals surface area contributed by atoms with Crippen LogP contribution in [0.4, 0.5) is 0 Å². The number of aliphatic carboxylic acids is 1. The molecule has 1 amide bonds. The summed E-state index contributed by atoms with van der Waals surface area (Å²) in [5, 5.41) is 8.95. The number of likely N-dealkylation sites (N-methyl/N-ethyl adjacent to an activating group) is 1. The van der Waals surface area contributed by atoms with Crippen molar-refractivity contribution < 1.29 is 19.4 Å². The van der Waals surface area contributed by atoms with Gasteiger partial charge in [0.15, 0.2) is 0 Å². The maximum Gasteiger partial charge on any atom is 0.317 e. The van der Waals surface area contributed by atoms with Gasteiger partial charge in [-0.05, 0) is 50.4 Å². The maximum absolute atomic E-state index is 13.0. The van der Waals surface area contributed by atoms with Gasteiger partial charge in [-0.1, -0.05) is 12.1 Å². The third-order valence-electron chi connectivity index (χ3n) is 5.74. The van der Waals surface area contributed by atoms with Crippen molar-refractivity contribution in [3.8, 4) is 5.75 Å². The van der Waals surface area contributed by atoms with Crippen molar-refractivity contribution in [2.45, 2.75) is 44.3 Å². The summed E-state index contributed by atoms with van der Waals surface area (Å²) in [6, 6.07) is 8.55. The van der Waals surface area contributed by atoms with E-state index in [2.05, 4.69) is 4.90 Å². The van der Waals surface area contributed by atoms with Gasteiger partial charge < -0.3 is 14.7 Å². The number of ether oxygens (including phenoxy) is 1. The number of nitrogens with zero attached hydrogens (tertiary/aromatic N) is 3. The smallest absolute Gasteiger partial charge is 0.317 e. The predicted octanol–water partition coefficient (Wildman–Crippen LogP) is 1.67. The molecule has 1 N–H and O–H groups in total. The first-order valence-corrected chi connectivity index (χ1v) is 10.0. The van der Waals surface area contributed by atoms with E-state index in [0.717, 1.165) is 50.1 Å². The van der Waals surface area contributed by atoms with Crippen LogP contribution in [0.25, 0.3) is 0 Å². The topological polar surface area (TPSA) is 73.3 Å². The monoisotopic (exact) mass is 389 g/mol. The highest BCUT2D eigenvalue weighted by molar-refractivity contribution is 5.79. The van der Waals surface area contributed by atoms with Crippen LogP contribution in [-0.4, -0.2) is 84.1 Å². The molecule has 1 aromatic carbocycles. The highest BCUT2D eigenvalue weighted by Crippen LogP contribution is 2.29. The Morgan fingerprint density at radius 2 is 1.75 bits per heavy atom. The normalized spacial score (nSPS) is 18.2. The lowest BCUT2D eigenvalue weighted by atomic mass is 10.0. The number of methoxy groups -OCH3 is 1. The van der Waals surface area contributed by atoms with Crippen molar-refractivity contribution in [3.63, 3.8) is 0 Å². The molecule has 1 saturated carbocycles. The summed E-state index contributed by atoms with van der Waals surface area (Å²) in [4.78, 5) is 30.0. The van der Waals surface area contributed by atoms with E-state index in [1.807, 2.05) is 41.1 Å². The largest absolute Gasteiger partial charge is 0.497 e. The highest BCUT2D eigenvalue weighted by atomic mass is 16.5. The third kappa shape index (κ3) is 5.69. The van der Waals surface area contributed by atoms with Gasteiger partial charge in [0.1, 0.15) is 5.75 Å². The van der Waals surface area contributed by atoms with Crippen LogP contribution < -0.4 is 4.74 Å². The molecule has 0 unspecified atom stereocenters. The number of hydrogen-bond donors (Lipinski definition) is 1. The minimum Gasteiger partial charge on any atom is -0.497 e. The Labute approximate surface area is 166 Å². The lowest BCUT2D eigenvalue weighted by Crippen LogP contribution is -2.48. The first-order chi connectivity index (χ1) is 13.5. The van der Waals surface area contributed by atoms with Gasteiger partial charge in [-0.15, -0.1) is 0 Å². The molecule has 2 fully saturated rings. The maximum atomic E-state index is 13.0. The van der Waals surface area contributed by atoms with Crippen LogP contribution in [0.1, 0.15) is 31.2 Å². The third-order valence-corrected chi connectivity index (χ3v) is 5.74. The number of carboxylic acids is 1. The van der Waals surface area contributed by atoms with Crippen LogP contribution in [0.15, 0.2) is 24.3 Å². The molecule has 2 aliphatic rings. The first kappa shape index (κ1) is 20.6. The Balaban J connectivity index is 1.50. The number of hydrogen-bond acceptors (Lipinski definition) is 5. The molecule has 1 saturated heterocycles. The summed E-state index contributed by atoms with van der Waals surface area (Å²) < 4.78 is 5.21. The summed E-state index contributed by atoms with van der Waals surface area (Å²) in [7, 11) is 3.51. The van der Waals surface area contributed by atoms with Crippen LogP contribution in [-0.2, 0) is 16.1 Å². The summed E-state index contributed by atoms with van der Waals surface area (Å²) in [5.74, 6) is 0.221. The summed E-state index contributed by atoms with van der Waals surface area (Å²) in [6.45, 7) is 2.83. The lowest BCUT2D eigenvalue weighted by Gasteiger charge is -2.36. The lowest BCUT2D eigenvalue weighted by molar-refractivity contribution is -0.138. The van der Waals surface area contributed by atoms with E-state index >= 15 is 0 Å². The first-order valence-electron chi connectivity index (χ1n) is 10.0. The molecule has 1 aliphatic heterocycles. The molecule has 7 heteroatoms. The molecule has 0 aromatic heterocycles. The second-order valence-electron chi connectivity index (χ2n) is 7.92. The fourth-order valence-corrected chi connectivity index (χ4v) is 3.88. The molecule has 0 bridgehead atoms. The number of piperidine rings is 1. The van der Waals surface area contributed by atoms with Gasteiger partial charge in [0, 0.05) is 31.7 Å². The number of amides is 1. The van der Waals surface area contributed by atoms with Crippen LogP contribution in [0.2, 0.25) is 0 Å². The number of carbonyl (C=O) groups excluding carboxylic acids is 1. The van der Waals surface area contributed by atoms with Gasteiger partial charge in [-0.2, -0.15) is 0 Å². The molecule has 3 rings (SSSR count). The Bertz CT molecular complexity index is 667. The van der Waals surface area contributed by atoms with E-state index in [4.69, 9.17) is 9.84 Å². The zero-order valence-corrected chi connectivity index (χ0v) is 16.8. The van der Waals surface area contributed by atoms with Crippen molar-refractivity contribution in [3.05, 3.63) is 29.8 Å². The number of carboxylic acid groups (broad SMARTS) is 1. The molecule has 1 heterocycles. The second kappa shape index (κ2) is 9.39. The summed E-state index contributed by atoms with van der Waals surface area (Å²) >= 11 is 0. The van der Waals surface area contributed by atoms with E-state index in [9.17, 15) is 9.59 Å². The molecule has 0 atom stereocenters. The highest BCUT2D eigenvalue weighted by Gasteiger charge is 2.34. The van der Waals surface area contributed by atoms with Gasteiger partial charge in [0.2, 0.25) is 5.91 Å². The molecule has 0 spiro atoms. The summed E-state index contributed by atoms with van der Waals surface area (Å²) in [6.07, 6.45) is 3.98. The van der Waals surface area contributed by atoms with E-state index in [0.29, 0.717) is 19.1 Å². The van der Waals surface area contributed by atoms with Crippen LogP contribution in [0.5, 0.6) is 5.75 Å². The molecular formula is C21H31N3O4. The minimum absolute atomic E-state index is 0.0704. The minimum atomic E-state index is -0.793. The van der Waals surface area contributed by atoms with Gasteiger partial charge >= 0.3 is 5.97 Å². The van der Waals surface area contributed by atoms with E-state index in [-0.39, 0.29) is 18.5 Å². The van der Waals surface area contributed by atoms with E-state index in [1.54, 1.807) is 7.11 Å². The van der Waals surface area contributed by atoms with Crippen molar-refractivity contribution >= 4 is 11.9 Å². The number of benzene rings is 1. The van der Waals surface area contributed by atoms with Crippen molar-refractivity contribution in [1.29, 1.82) is 0 Å². The summed E-state index contributed by atoms with van der Waals surface area (Å²) in [5.41, 5.74) is 1.12.